The number of methoxy groups -OCH3 is 3. The van der Waals surface area contributed by atoms with Gasteiger partial charge in [-0.05, 0) is 35.0 Å². The second kappa shape index (κ2) is 8.06. The van der Waals surface area contributed by atoms with Crippen LogP contribution in [0, 0.1) is 0 Å². The van der Waals surface area contributed by atoms with Crippen LogP contribution < -0.4 is 14.2 Å². The summed E-state index contributed by atoms with van der Waals surface area (Å²) in [5.41, 5.74) is 2.66. The minimum Gasteiger partial charge on any atom is -0.496 e. The molecule has 1 heterocycles. The van der Waals surface area contributed by atoms with E-state index in [4.69, 9.17) is 14.2 Å². The lowest BCUT2D eigenvalue weighted by Gasteiger charge is -2.24. The third-order valence-corrected chi connectivity index (χ3v) is 5.43. The maximum absolute atomic E-state index is 12.5. The Labute approximate surface area is 175 Å². The van der Waals surface area contributed by atoms with Gasteiger partial charge in [-0.25, -0.2) is 5.01 Å². The molecule has 3 aromatic rings. The smallest absolute Gasteiger partial charge is 0.240 e. The molecule has 0 aliphatic carbocycles. The zero-order valence-electron chi connectivity index (χ0n) is 17.5. The fourth-order valence-corrected chi connectivity index (χ4v) is 4.01. The largest absolute Gasteiger partial charge is 0.496 e. The molecule has 0 radical (unpaired) electrons. The second-order valence-corrected chi connectivity index (χ2v) is 7.10. The molecule has 154 valence electrons. The maximum Gasteiger partial charge on any atom is 0.240 e. The highest BCUT2D eigenvalue weighted by molar-refractivity contribution is 6.04. The Hall–Kier alpha value is -3.54. The fraction of sp³-hybridized carbons (Fsp3) is 0.250. The number of hydrogen-bond acceptors (Lipinski definition) is 5. The topological polar surface area (TPSA) is 60.4 Å². The van der Waals surface area contributed by atoms with Crippen LogP contribution in [0.1, 0.15) is 30.5 Å². The summed E-state index contributed by atoms with van der Waals surface area (Å²) < 4.78 is 16.4. The summed E-state index contributed by atoms with van der Waals surface area (Å²) in [4.78, 5) is 12.5. The number of ether oxygens (including phenoxy) is 3. The highest BCUT2D eigenvalue weighted by Gasteiger charge is 2.34. The standard InChI is InChI=1S/C24H24N2O4/c1-15(27)26-20(24-18-8-6-5-7-16(18)9-12-22(24)29-3)14-19(25-26)17-10-11-21(28-2)23(13-17)30-4/h5-13,20H,14H2,1-4H3. The van der Waals surface area contributed by atoms with Crippen LogP contribution in [0.25, 0.3) is 10.8 Å². The molecule has 0 bridgehead atoms. The zero-order chi connectivity index (χ0) is 21.3. The minimum absolute atomic E-state index is 0.120. The summed E-state index contributed by atoms with van der Waals surface area (Å²) >= 11 is 0. The van der Waals surface area contributed by atoms with Crippen LogP contribution in [-0.2, 0) is 4.79 Å². The van der Waals surface area contributed by atoms with Crippen molar-refractivity contribution in [3.05, 3.63) is 65.7 Å². The summed E-state index contributed by atoms with van der Waals surface area (Å²) in [7, 11) is 4.85. The molecule has 3 aromatic carbocycles. The zero-order valence-corrected chi connectivity index (χ0v) is 17.5. The molecular formula is C24H24N2O4. The monoisotopic (exact) mass is 404 g/mol. The highest BCUT2D eigenvalue weighted by atomic mass is 16.5. The summed E-state index contributed by atoms with van der Waals surface area (Å²) in [5, 5.41) is 8.38. The first kappa shape index (κ1) is 19.8. The number of fused-ring (bicyclic) bond motifs is 1. The average Bonchev–Trinajstić information content (AvgIpc) is 3.23. The van der Waals surface area contributed by atoms with Crippen LogP contribution in [0.3, 0.4) is 0 Å². The molecule has 0 saturated carbocycles. The molecule has 0 saturated heterocycles. The van der Waals surface area contributed by atoms with Gasteiger partial charge in [0.2, 0.25) is 5.91 Å². The molecule has 4 rings (SSSR count). The van der Waals surface area contributed by atoms with Gasteiger partial charge in [0.05, 0.1) is 33.1 Å². The van der Waals surface area contributed by atoms with E-state index in [0.29, 0.717) is 17.9 Å². The van der Waals surface area contributed by atoms with Gasteiger partial charge in [0, 0.05) is 24.5 Å². The average molecular weight is 404 g/mol. The van der Waals surface area contributed by atoms with Crippen LogP contribution in [-0.4, -0.2) is 38.0 Å². The normalized spacial score (nSPS) is 15.8. The maximum atomic E-state index is 12.5. The Kier molecular flexibility index (Phi) is 5.31. The van der Waals surface area contributed by atoms with Crippen LogP contribution >= 0.6 is 0 Å². The van der Waals surface area contributed by atoms with E-state index in [-0.39, 0.29) is 11.9 Å². The van der Waals surface area contributed by atoms with Crippen molar-refractivity contribution in [3.63, 3.8) is 0 Å². The molecule has 1 aliphatic heterocycles. The van der Waals surface area contributed by atoms with Crippen LogP contribution in [0.15, 0.2) is 59.7 Å². The predicted octanol–water partition coefficient (Wildman–Crippen LogP) is 4.56. The summed E-state index contributed by atoms with van der Waals surface area (Å²) in [5.74, 6) is 1.90. The van der Waals surface area contributed by atoms with Gasteiger partial charge >= 0.3 is 0 Å². The number of hydrazone groups is 1. The van der Waals surface area contributed by atoms with Gasteiger partial charge in [0.1, 0.15) is 5.75 Å². The molecule has 1 unspecified atom stereocenters. The number of carbonyl (C=O) groups is 1. The molecule has 1 atom stereocenters. The van der Waals surface area contributed by atoms with Crippen molar-refractivity contribution in [1.82, 2.24) is 5.01 Å². The van der Waals surface area contributed by atoms with E-state index < -0.39 is 0 Å². The van der Waals surface area contributed by atoms with Gasteiger partial charge in [-0.2, -0.15) is 5.10 Å². The number of nitrogens with zero attached hydrogens (tertiary/aromatic N) is 2. The number of carbonyl (C=O) groups excluding carboxylic acids is 1. The molecule has 30 heavy (non-hydrogen) atoms. The lowest BCUT2D eigenvalue weighted by Crippen LogP contribution is -2.25. The van der Waals surface area contributed by atoms with Gasteiger partial charge in [-0.15, -0.1) is 0 Å². The highest BCUT2D eigenvalue weighted by Crippen LogP contribution is 2.42. The van der Waals surface area contributed by atoms with Crippen molar-refractivity contribution in [2.75, 3.05) is 21.3 Å². The molecular weight excluding hydrogens is 380 g/mol. The summed E-state index contributed by atoms with van der Waals surface area (Å²) in [6.45, 7) is 1.53. The molecule has 0 spiro atoms. The Bertz CT molecular complexity index is 1140. The van der Waals surface area contributed by atoms with E-state index in [0.717, 1.165) is 33.4 Å². The van der Waals surface area contributed by atoms with Gasteiger partial charge in [0.15, 0.2) is 11.5 Å². The van der Waals surface area contributed by atoms with E-state index in [1.807, 2.05) is 42.5 Å². The van der Waals surface area contributed by atoms with E-state index in [1.54, 1.807) is 26.3 Å². The first-order valence-corrected chi connectivity index (χ1v) is 9.72. The molecule has 1 aliphatic rings. The van der Waals surface area contributed by atoms with Crippen LogP contribution in [0.5, 0.6) is 17.2 Å². The first-order chi connectivity index (χ1) is 14.6. The number of benzene rings is 3. The Morgan fingerprint density at radius 2 is 1.63 bits per heavy atom. The van der Waals surface area contributed by atoms with Gasteiger partial charge in [0.25, 0.3) is 0 Å². The third kappa shape index (κ3) is 3.34. The predicted molar refractivity (Wildman–Crippen MR) is 116 cm³/mol. The summed E-state index contributed by atoms with van der Waals surface area (Å²) in [6, 6.07) is 17.5. The quantitative estimate of drug-likeness (QED) is 0.625. The molecule has 6 heteroatoms. The van der Waals surface area contributed by atoms with Crippen molar-refractivity contribution >= 4 is 22.4 Å². The van der Waals surface area contributed by atoms with E-state index >= 15 is 0 Å². The first-order valence-electron chi connectivity index (χ1n) is 9.72. The van der Waals surface area contributed by atoms with Gasteiger partial charge in [-0.1, -0.05) is 30.3 Å². The summed E-state index contributed by atoms with van der Waals surface area (Å²) in [6.07, 6.45) is 0.569. The van der Waals surface area contributed by atoms with Crippen molar-refractivity contribution in [3.8, 4) is 17.2 Å². The van der Waals surface area contributed by atoms with E-state index in [1.165, 1.54) is 6.92 Å². The fourth-order valence-electron chi connectivity index (χ4n) is 4.01. The van der Waals surface area contributed by atoms with Crippen molar-refractivity contribution < 1.29 is 19.0 Å². The van der Waals surface area contributed by atoms with Crippen LogP contribution in [0.4, 0.5) is 0 Å². The molecule has 0 fully saturated rings. The lowest BCUT2D eigenvalue weighted by molar-refractivity contribution is -0.130. The Balaban J connectivity index is 1.81. The molecule has 1 amide bonds. The number of rotatable bonds is 5. The van der Waals surface area contributed by atoms with Gasteiger partial charge in [-0.3, -0.25) is 4.79 Å². The molecule has 6 nitrogen and oxygen atoms in total. The Morgan fingerprint density at radius 1 is 0.933 bits per heavy atom. The van der Waals surface area contributed by atoms with Crippen molar-refractivity contribution in [2.24, 2.45) is 5.10 Å². The second-order valence-electron chi connectivity index (χ2n) is 7.10. The van der Waals surface area contributed by atoms with Crippen LogP contribution in [0.2, 0.25) is 0 Å². The third-order valence-electron chi connectivity index (χ3n) is 5.43. The molecule has 0 N–H and O–H groups in total. The van der Waals surface area contributed by atoms with Crippen molar-refractivity contribution in [1.29, 1.82) is 0 Å². The number of hydrogen-bond donors (Lipinski definition) is 0. The van der Waals surface area contributed by atoms with E-state index in [9.17, 15) is 4.79 Å². The Morgan fingerprint density at radius 3 is 2.33 bits per heavy atom. The minimum atomic E-state index is -0.258. The van der Waals surface area contributed by atoms with Crippen molar-refractivity contribution in [2.45, 2.75) is 19.4 Å². The van der Waals surface area contributed by atoms with Gasteiger partial charge < -0.3 is 14.2 Å². The molecule has 0 aromatic heterocycles. The lowest BCUT2D eigenvalue weighted by atomic mass is 9.93. The SMILES string of the molecule is COc1ccc(C2=NN(C(C)=O)C(c3c(OC)ccc4ccccc34)C2)cc1OC. The van der Waals surface area contributed by atoms with E-state index in [2.05, 4.69) is 17.2 Å². The number of amides is 1.